The summed E-state index contributed by atoms with van der Waals surface area (Å²) in [6.07, 6.45) is 0. The summed E-state index contributed by atoms with van der Waals surface area (Å²) < 4.78 is 57.8. The van der Waals surface area contributed by atoms with Gasteiger partial charge in [-0.3, -0.25) is 0 Å². The van der Waals surface area contributed by atoms with Gasteiger partial charge in [0.05, 0.1) is 79.3 Å². The van der Waals surface area contributed by atoms with Crippen LogP contribution in [0.15, 0.2) is 36.4 Å². The van der Waals surface area contributed by atoms with Crippen molar-refractivity contribution in [3.63, 3.8) is 0 Å². The van der Waals surface area contributed by atoms with Crippen molar-refractivity contribution in [2.45, 2.75) is 39.5 Å². The van der Waals surface area contributed by atoms with Gasteiger partial charge in [-0.05, 0) is 47.2 Å². The third-order valence-corrected chi connectivity index (χ3v) is 6.70. The van der Waals surface area contributed by atoms with E-state index in [-0.39, 0.29) is 0 Å². The Balaban J connectivity index is 1.46. The van der Waals surface area contributed by atoms with E-state index in [1.165, 1.54) is 11.1 Å². The quantitative estimate of drug-likeness (QED) is 0.443. The van der Waals surface area contributed by atoms with Crippen LogP contribution in [0.4, 0.5) is 0 Å². The molecule has 2 aromatic rings. The van der Waals surface area contributed by atoms with Crippen LogP contribution in [0.2, 0.25) is 0 Å². The van der Waals surface area contributed by atoms with E-state index in [4.69, 9.17) is 47.4 Å². The van der Waals surface area contributed by atoms with Crippen LogP contribution in [0.25, 0.3) is 0 Å². The van der Waals surface area contributed by atoms with Gasteiger partial charge in [-0.1, -0.05) is 39.8 Å². The van der Waals surface area contributed by atoms with Crippen LogP contribution in [0.1, 0.15) is 50.7 Å². The predicted octanol–water partition coefficient (Wildman–Crippen LogP) is 5.26. The van der Waals surface area contributed by atoms with E-state index in [1.807, 2.05) is 24.3 Å². The molecule has 0 saturated carbocycles. The Morgan fingerprint density at radius 1 is 0.341 bits per heavy atom. The van der Waals surface area contributed by atoms with Gasteiger partial charge < -0.3 is 47.4 Å². The second kappa shape index (κ2) is 22.0. The molecule has 10 heteroatoms. The molecule has 0 aliphatic carbocycles. The molecule has 1 aliphatic rings. The van der Waals surface area contributed by atoms with Crippen LogP contribution in [0.3, 0.4) is 0 Å². The summed E-state index contributed by atoms with van der Waals surface area (Å²) >= 11 is 0. The Hall–Kier alpha value is -2.60. The minimum atomic E-state index is 0.380. The fourth-order valence-corrected chi connectivity index (χ4v) is 4.16. The fraction of sp³-hybridized carbons (Fsp3) is 0.647. The lowest BCUT2D eigenvalue weighted by Gasteiger charge is -2.16. The minimum absolute atomic E-state index is 0.380. The molecule has 0 saturated heterocycles. The van der Waals surface area contributed by atoms with E-state index in [0.29, 0.717) is 141 Å². The Morgan fingerprint density at radius 2 is 0.591 bits per heavy atom. The summed E-state index contributed by atoms with van der Waals surface area (Å²) in [6.45, 7) is 15.8. The number of fused-ring (bicyclic) bond motifs is 2. The lowest BCUT2D eigenvalue weighted by Crippen LogP contribution is -2.16. The first-order valence-corrected chi connectivity index (χ1v) is 15.8. The second-order valence-electron chi connectivity index (χ2n) is 10.8. The number of ether oxygens (including phenoxy) is 10. The average Bonchev–Trinajstić information content (AvgIpc) is 3.01. The monoisotopic (exact) mass is 620 g/mol. The smallest absolute Gasteiger partial charge is 0.161 e. The first-order chi connectivity index (χ1) is 21.5. The maximum absolute atomic E-state index is 6.01. The molecule has 1 aliphatic heterocycles. The summed E-state index contributed by atoms with van der Waals surface area (Å²) in [6, 6.07) is 12.1. The summed E-state index contributed by atoms with van der Waals surface area (Å²) in [5.41, 5.74) is 2.37. The van der Waals surface area contributed by atoms with Gasteiger partial charge in [0.15, 0.2) is 23.0 Å². The van der Waals surface area contributed by atoms with Crippen molar-refractivity contribution < 1.29 is 47.4 Å². The Kier molecular flexibility index (Phi) is 17.9. The molecule has 0 spiro atoms. The third-order valence-electron chi connectivity index (χ3n) is 6.70. The SMILES string of the molecule is CC(C)c1ccc2c(c1)OCCOCCOCCOCCOc1ccc(C(C)C)cc1OCCOCCOCCOCCO2. The van der Waals surface area contributed by atoms with Gasteiger partial charge in [-0.15, -0.1) is 0 Å². The molecule has 0 unspecified atom stereocenters. The lowest BCUT2D eigenvalue weighted by molar-refractivity contribution is 0.00247. The first-order valence-electron chi connectivity index (χ1n) is 15.8. The summed E-state index contributed by atoms with van der Waals surface area (Å²) in [4.78, 5) is 0. The van der Waals surface area contributed by atoms with Crippen molar-refractivity contribution in [3.05, 3.63) is 47.5 Å². The third kappa shape index (κ3) is 14.5. The summed E-state index contributed by atoms with van der Waals surface area (Å²) in [5, 5.41) is 0. The van der Waals surface area contributed by atoms with Gasteiger partial charge in [0, 0.05) is 0 Å². The number of hydrogen-bond acceptors (Lipinski definition) is 10. The molecule has 0 amide bonds. The Morgan fingerprint density at radius 3 is 0.864 bits per heavy atom. The first kappa shape index (κ1) is 35.9. The molecule has 3 rings (SSSR count). The molecular weight excluding hydrogens is 568 g/mol. The standard InChI is InChI=1S/C34H52O10/c1-27(2)29-5-7-31-33(25-29)43-23-19-39-15-11-35-10-14-38-18-22-42-32-8-6-30(28(3)4)26-34(32)44-24-20-40-16-12-36-9-13-37-17-21-41-31/h5-8,25-28H,9-24H2,1-4H3. The normalized spacial score (nSPS) is 18.5. The second-order valence-corrected chi connectivity index (χ2v) is 10.8. The molecule has 44 heavy (non-hydrogen) atoms. The molecular formula is C34H52O10. The highest BCUT2D eigenvalue weighted by Crippen LogP contribution is 2.32. The Labute approximate surface area is 263 Å². The summed E-state index contributed by atoms with van der Waals surface area (Å²) in [5.74, 6) is 3.54. The lowest BCUT2D eigenvalue weighted by atomic mass is 10.0. The van der Waals surface area contributed by atoms with Gasteiger partial charge >= 0.3 is 0 Å². The van der Waals surface area contributed by atoms with Gasteiger partial charge in [0.25, 0.3) is 0 Å². The highest BCUT2D eigenvalue weighted by atomic mass is 16.6. The molecule has 0 aromatic heterocycles. The van der Waals surface area contributed by atoms with E-state index in [2.05, 4.69) is 39.8 Å². The van der Waals surface area contributed by atoms with Gasteiger partial charge in [-0.25, -0.2) is 0 Å². The van der Waals surface area contributed by atoms with Crippen molar-refractivity contribution in [2.24, 2.45) is 0 Å². The molecule has 0 N–H and O–H groups in total. The van der Waals surface area contributed by atoms with Gasteiger partial charge in [0.2, 0.25) is 0 Å². The molecule has 0 radical (unpaired) electrons. The van der Waals surface area contributed by atoms with Crippen molar-refractivity contribution in [1.29, 1.82) is 0 Å². The van der Waals surface area contributed by atoms with Crippen LogP contribution in [0, 0.1) is 0 Å². The maximum atomic E-state index is 6.01. The van der Waals surface area contributed by atoms with Crippen molar-refractivity contribution >= 4 is 0 Å². The van der Waals surface area contributed by atoms with Gasteiger partial charge in [0.1, 0.15) is 26.4 Å². The van der Waals surface area contributed by atoms with E-state index in [9.17, 15) is 0 Å². The fourth-order valence-electron chi connectivity index (χ4n) is 4.16. The van der Waals surface area contributed by atoms with Crippen LogP contribution in [-0.2, 0) is 28.4 Å². The molecule has 10 nitrogen and oxygen atoms in total. The molecule has 0 atom stereocenters. The number of rotatable bonds is 2. The van der Waals surface area contributed by atoms with E-state index < -0.39 is 0 Å². The zero-order chi connectivity index (χ0) is 31.2. The van der Waals surface area contributed by atoms with Crippen molar-refractivity contribution in [2.75, 3.05) is 106 Å². The largest absolute Gasteiger partial charge is 0.487 e. The minimum Gasteiger partial charge on any atom is -0.487 e. The van der Waals surface area contributed by atoms with Crippen LogP contribution >= 0.6 is 0 Å². The molecule has 248 valence electrons. The van der Waals surface area contributed by atoms with Crippen LogP contribution in [0.5, 0.6) is 23.0 Å². The summed E-state index contributed by atoms with van der Waals surface area (Å²) in [7, 11) is 0. The molecule has 1 heterocycles. The average molecular weight is 621 g/mol. The number of hydrogen-bond donors (Lipinski definition) is 0. The maximum Gasteiger partial charge on any atom is 0.161 e. The zero-order valence-corrected chi connectivity index (χ0v) is 27.0. The molecule has 0 bridgehead atoms. The van der Waals surface area contributed by atoms with E-state index in [0.717, 1.165) is 0 Å². The van der Waals surface area contributed by atoms with Crippen molar-refractivity contribution in [1.82, 2.24) is 0 Å². The predicted molar refractivity (Wildman–Crippen MR) is 168 cm³/mol. The topological polar surface area (TPSA) is 92.3 Å². The van der Waals surface area contributed by atoms with E-state index >= 15 is 0 Å². The highest BCUT2D eigenvalue weighted by molar-refractivity contribution is 5.44. The van der Waals surface area contributed by atoms with E-state index in [1.54, 1.807) is 0 Å². The van der Waals surface area contributed by atoms with Crippen LogP contribution in [-0.4, -0.2) is 106 Å². The van der Waals surface area contributed by atoms with Gasteiger partial charge in [-0.2, -0.15) is 0 Å². The highest BCUT2D eigenvalue weighted by Gasteiger charge is 2.11. The number of benzene rings is 2. The molecule has 0 fully saturated rings. The van der Waals surface area contributed by atoms with Crippen LogP contribution < -0.4 is 18.9 Å². The Bertz CT molecular complexity index is 948. The molecule has 2 aromatic carbocycles. The zero-order valence-electron chi connectivity index (χ0n) is 27.0. The van der Waals surface area contributed by atoms with Crippen molar-refractivity contribution in [3.8, 4) is 23.0 Å².